The number of amides is 1. The number of nitrogens with zero attached hydrogens (tertiary/aromatic N) is 2. The van der Waals surface area contributed by atoms with Crippen LogP contribution < -0.4 is 9.47 Å². The highest BCUT2D eigenvalue weighted by atomic mass is 35.5. The number of carbonyl (C=O) groups is 2. The Labute approximate surface area is 214 Å². The van der Waals surface area contributed by atoms with Crippen LogP contribution in [0.2, 0.25) is 10.0 Å². The molecular formula is C23H22Cl2F4N2O5. The van der Waals surface area contributed by atoms with E-state index in [2.05, 4.69) is 9.72 Å². The second kappa shape index (κ2) is 10.7. The molecule has 0 aliphatic carbocycles. The summed E-state index contributed by atoms with van der Waals surface area (Å²) in [6, 6.07) is 2.20. The van der Waals surface area contributed by atoms with Crippen LogP contribution in [-0.2, 0) is 9.53 Å². The van der Waals surface area contributed by atoms with Crippen LogP contribution in [0.4, 0.5) is 17.6 Å². The minimum atomic E-state index is -4.58. The number of benzene rings is 1. The first-order valence-electron chi connectivity index (χ1n) is 10.7. The summed E-state index contributed by atoms with van der Waals surface area (Å²) in [4.78, 5) is 30.5. The van der Waals surface area contributed by atoms with Crippen molar-refractivity contribution in [2.75, 3.05) is 13.2 Å². The standard InChI is InChI=1S/C23H22Cl2F4N2O5/c1-22(2,3)36-21(33)17-5-4-6-31(17)20(32)13-8-14(24)18(9-16(13)26)35-12-7-15(25)19(30-10-12)34-11-23(27,28)29/h7-10,17H,4-6,11H2,1-3H3/t17-/m0/s1. The van der Waals surface area contributed by atoms with Crippen LogP contribution in [0.3, 0.4) is 0 Å². The van der Waals surface area contributed by atoms with Crippen LogP contribution in [0, 0.1) is 5.82 Å². The van der Waals surface area contributed by atoms with Gasteiger partial charge in [-0.1, -0.05) is 23.2 Å². The van der Waals surface area contributed by atoms with Gasteiger partial charge in [-0.05, 0) is 39.7 Å². The first kappa shape index (κ1) is 27.8. The fourth-order valence-corrected chi connectivity index (χ4v) is 3.81. The molecule has 1 aliphatic heterocycles. The minimum Gasteiger partial charge on any atom is -0.467 e. The first-order valence-corrected chi connectivity index (χ1v) is 11.5. The van der Waals surface area contributed by atoms with E-state index in [0.29, 0.717) is 12.8 Å². The van der Waals surface area contributed by atoms with Gasteiger partial charge in [0.15, 0.2) is 6.61 Å². The lowest BCUT2D eigenvalue weighted by Gasteiger charge is -2.27. The second-order valence-electron chi connectivity index (χ2n) is 8.92. The van der Waals surface area contributed by atoms with Crippen molar-refractivity contribution < 1.29 is 41.4 Å². The highest BCUT2D eigenvalue weighted by Crippen LogP contribution is 2.35. The Hall–Kier alpha value is -2.79. The number of likely N-dealkylation sites (tertiary alicyclic amines) is 1. The van der Waals surface area contributed by atoms with Gasteiger partial charge in [0.1, 0.15) is 34.0 Å². The molecule has 0 bridgehead atoms. The smallest absolute Gasteiger partial charge is 0.422 e. The van der Waals surface area contributed by atoms with Crippen LogP contribution in [0.15, 0.2) is 24.4 Å². The van der Waals surface area contributed by atoms with Gasteiger partial charge in [-0.25, -0.2) is 14.2 Å². The molecule has 1 amide bonds. The third kappa shape index (κ3) is 7.13. The molecule has 1 atom stereocenters. The molecule has 7 nitrogen and oxygen atoms in total. The van der Waals surface area contributed by atoms with Crippen LogP contribution in [0.5, 0.6) is 17.4 Å². The maximum Gasteiger partial charge on any atom is 0.422 e. The zero-order valence-corrected chi connectivity index (χ0v) is 20.9. The Balaban J connectivity index is 1.76. The summed E-state index contributed by atoms with van der Waals surface area (Å²) < 4.78 is 67.2. The van der Waals surface area contributed by atoms with Gasteiger partial charge in [0.05, 0.1) is 16.8 Å². The summed E-state index contributed by atoms with van der Waals surface area (Å²) in [5.74, 6) is -3.00. The summed E-state index contributed by atoms with van der Waals surface area (Å²) in [5, 5.41) is -0.413. The van der Waals surface area contributed by atoms with Crippen molar-refractivity contribution in [3.8, 4) is 17.4 Å². The van der Waals surface area contributed by atoms with Crippen molar-refractivity contribution in [2.24, 2.45) is 0 Å². The van der Waals surface area contributed by atoms with E-state index in [1.807, 2.05) is 0 Å². The molecular weight excluding hydrogens is 531 g/mol. The fraction of sp³-hybridized carbons (Fsp3) is 0.435. The average molecular weight is 553 g/mol. The molecule has 36 heavy (non-hydrogen) atoms. The number of rotatable bonds is 6. The van der Waals surface area contributed by atoms with Gasteiger partial charge >= 0.3 is 12.1 Å². The van der Waals surface area contributed by atoms with Crippen molar-refractivity contribution in [2.45, 2.75) is 51.4 Å². The molecule has 1 aromatic heterocycles. The van der Waals surface area contributed by atoms with E-state index in [0.717, 1.165) is 24.4 Å². The van der Waals surface area contributed by atoms with Crippen LogP contribution in [0.25, 0.3) is 0 Å². The summed E-state index contributed by atoms with van der Waals surface area (Å²) in [6.45, 7) is 3.77. The monoisotopic (exact) mass is 552 g/mol. The molecule has 1 fully saturated rings. The summed E-state index contributed by atoms with van der Waals surface area (Å²) in [5.41, 5.74) is -1.11. The van der Waals surface area contributed by atoms with Crippen LogP contribution in [-0.4, -0.2) is 52.7 Å². The van der Waals surface area contributed by atoms with Crippen LogP contribution >= 0.6 is 23.2 Å². The van der Waals surface area contributed by atoms with Gasteiger partial charge in [-0.3, -0.25) is 4.79 Å². The molecule has 0 spiro atoms. The molecule has 0 saturated carbocycles. The first-order chi connectivity index (χ1) is 16.6. The van der Waals surface area contributed by atoms with Crippen molar-refractivity contribution in [3.05, 3.63) is 45.8 Å². The predicted octanol–water partition coefficient (Wildman–Crippen LogP) is 6.21. The van der Waals surface area contributed by atoms with E-state index in [1.165, 1.54) is 4.90 Å². The highest BCUT2D eigenvalue weighted by molar-refractivity contribution is 6.32. The van der Waals surface area contributed by atoms with Gasteiger partial charge in [0, 0.05) is 18.7 Å². The molecule has 196 valence electrons. The zero-order chi connectivity index (χ0) is 26.8. The topological polar surface area (TPSA) is 78.0 Å². The Kier molecular flexibility index (Phi) is 8.24. The van der Waals surface area contributed by atoms with Crippen molar-refractivity contribution >= 4 is 35.1 Å². The van der Waals surface area contributed by atoms with E-state index in [9.17, 15) is 27.2 Å². The Morgan fingerprint density at radius 2 is 1.83 bits per heavy atom. The van der Waals surface area contributed by atoms with Crippen molar-refractivity contribution in [3.63, 3.8) is 0 Å². The Morgan fingerprint density at radius 1 is 1.14 bits per heavy atom. The van der Waals surface area contributed by atoms with E-state index in [1.54, 1.807) is 20.8 Å². The molecule has 13 heteroatoms. The zero-order valence-electron chi connectivity index (χ0n) is 19.4. The molecule has 0 N–H and O–H groups in total. The van der Waals surface area contributed by atoms with Gasteiger partial charge in [0.25, 0.3) is 5.91 Å². The minimum absolute atomic E-state index is 0.0655. The number of esters is 1. The number of alkyl halides is 3. The number of halogens is 6. The van der Waals surface area contributed by atoms with E-state index in [-0.39, 0.29) is 33.7 Å². The molecule has 0 unspecified atom stereocenters. The molecule has 3 rings (SSSR count). The molecule has 0 radical (unpaired) electrons. The van der Waals surface area contributed by atoms with E-state index >= 15 is 0 Å². The van der Waals surface area contributed by atoms with Gasteiger partial charge in [-0.15, -0.1) is 0 Å². The van der Waals surface area contributed by atoms with E-state index < -0.39 is 48.0 Å². The number of hydrogen-bond acceptors (Lipinski definition) is 6. The third-order valence-corrected chi connectivity index (χ3v) is 5.39. The van der Waals surface area contributed by atoms with Crippen molar-refractivity contribution in [1.29, 1.82) is 0 Å². The SMILES string of the molecule is CC(C)(C)OC(=O)[C@@H]1CCCN1C(=O)c1cc(Cl)c(Oc2cnc(OCC(F)(F)F)c(Cl)c2)cc1F. The average Bonchev–Trinajstić information content (AvgIpc) is 3.23. The number of ether oxygens (including phenoxy) is 3. The Morgan fingerprint density at radius 3 is 2.44 bits per heavy atom. The quantitative estimate of drug-likeness (QED) is 0.313. The molecule has 1 aromatic carbocycles. The third-order valence-electron chi connectivity index (χ3n) is 4.83. The summed E-state index contributed by atoms with van der Waals surface area (Å²) in [7, 11) is 0. The number of aromatic nitrogens is 1. The largest absolute Gasteiger partial charge is 0.467 e. The lowest BCUT2D eigenvalue weighted by Crippen LogP contribution is -2.43. The molecule has 1 saturated heterocycles. The lowest BCUT2D eigenvalue weighted by atomic mass is 10.1. The molecule has 1 aliphatic rings. The van der Waals surface area contributed by atoms with Gasteiger partial charge in [-0.2, -0.15) is 13.2 Å². The number of pyridine rings is 1. The lowest BCUT2D eigenvalue weighted by molar-refractivity contribution is -0.159. The normalized spacial score (nSPS) is 16.1. The number of carbonyl (C=O) groups excluding carboxylic acids is 2. The second-order valence-corrected chi connectivity index (χ2v) is 9.73. The maximum absolute atomic E-state index is 14.9. The Bertz CT molecular complexity index is 1150. The summed E-state index contributed by atoms with van der Waals surface area (Å²) >= 11 is 12.1. The highest BCUT2D eigenvalue weighted by Gasteiger charge is 2.38. The fourth-order valence-electron chi connectivity index (χ4n) is 3.40. The van der Waals surface area contributed by atoms with Crippen molar-refractivity contribution in [1.82, 2.24) is 9.88 Å². The van der Waals surface area contributed by atoms with Crippen LogP contribution in [0.1, 0.15) is 44.0 Å². The predicted molar refractivity (Wildman–Crippen MR) is 122 cm³/mol. The molecule has 2 heterocycles. The number of hydrogen-bond donors (Lipinski definition) is 0. The van der Waals surface area contributed by atoms with Gasteiger partial charge < -0.3 is 19.1 Å². The summed E-state index contributed by atoms with van der Waals surface area (Å²) in [6.07, 6.45) is -2.64. The maximum atomic E-state index is 14.9. The van der Waals surface area contributed by atoms with E-state index in [4.69, 9.17) is 32.7 Å². The van der Waals surface area contributed by atoms with Gasteiger partial charge in [0.2, 0.25) is 5.88 Å². The molecule has 2 aromatic rings.